The lowest BCUT2D eigenvalue weighted by molar-refractivity contribution is -0.696. The first-order chi connectivity index (χ1) is 11.5. The summed E-state index contributed by atoms with van der Waals surface area (Å²) < 4.78 is 1.79. The van der Waals surface area contributed by atoms with Gasteiger partial charge in [0.25, 0.3) is 0 Å². The Bertz CT molecular complexity index is 776. The Labute approximate surface area is 164 Å². The topological polar surface area (TPSA) is 68.2 Å². The minimum absolute atomic E-state index is 0. The van der Waals surface area contributed by atoms with E-state index in [0.29, 0.717) is 12.1 Å². The van der Waals surface area contributed by atoms with E-state index in [2.05, 4.69) is 6.07 Å². The van der Waals surface area contributed by atoms with Gasteiger partial charge in [-0.15, -0.1) is 0 Å². The number of carboxylic acids is 1. The van der Waals surface area contributed by atoms with Crippen LogP contribution in [0, 0.1) is 11.3 Å². The molecule has 25 heavy (non-hydrogen) atoms. The summed E-state index contributed by atoms with van der Waals surface area (Å²) in [4.78, 5) is 12.6. The van der Waals surface area contributed by atoms with Crippen LogP contribution in [0.15, 0.2) is 48.8 Å². The van der Waals surface area contributed by atoms with Crippen molar-refractivity contribution in [2.45, 2.75) is 13.0 Å². The average molecular weight is 449 g/mol. The fourth-order valence-corrected chi connectivity index (χ4v) is 2.23. The van der Waals surface area contributed by atoms with Crippen molar-refractivity contribution in [3.63, 3.8) is 0 Å². The number of hydrogen-bond donors (Lipinski definition) is 1. The SMILES string of the molecule is CN(C)c1ccc(/C=C(/C#N)c2cc[n+](CCC(=O)O)cc2)cc1.[I-]. The predicted molar refractivity (Wildman–Crippen MR) is 93.1 cm³/mol. The standard InChI is InChI=1S/C19H19N3O2.HI/c1-21(2)18-5-3-15(4-6-18)13-17(14-20)16-7-10-22(11-8-16)12-9-19(23)24;/h3-8,10-11,13H,9,12H2,1-2H3;1H. The Balaban J connectivity index is 0.00000312. The van der Waals surface area contributed by atoms with Gasteiger partial charge in [-0.3, -0.25) is 4.79 Å². The van der Waals surface area contributed by atoms with Crippen LogP contribution >= 0.6 is 0 Å². The van der Waals surface area contributed by atoms with Crippen molar-refractivity contribution in [2.24, 2.45) is 0 Å². The Kier molecular flexibility index (Phi) is 8.08. The molecule has 1 aromatic heterocycles. The van der Waals surface area contributed by atoms with E-state index in [9.17, 15) is 10.1 Å². The van der Waals surface area contributed by atoms with Crippen LogP contribution in [0.25, 0.3) is 11.6 Å². The van der Waals surface area contributed by atoms with Crippen molar-refractivity contribution in [3.8, 4) is 6.07 Å². The quantitative estimate of drug-likeness (QED) is 0.370. The van der Waals surface area contributed by atoms with E-state index in [4.69, 9.17) is 5.11 Å². The summed E-state index contributed by atoms with van der Waals surface area (Å²) in [5.41, 5.74) is 3.43. The van der Waals surface area contributed by atoms with Crippen molar-refractivity contribution in [2.75, 3.05) is 19.0 Å². The van der Waals surface area contributed by atoms with Crippen molar-refractivity contribution in [1.82, 2.24) is 0 Å². The number of carboxylic acid groups (broad SMARTS) is 1. The minimum atomic E-state index is -0.828. The third-order valence-corrected chi connectivity index (χ3v) is 3.63. The molecule has 2 rings (SSSR count). The number of anilines is 1. The van der Waals surface area contributed by atoms with E-state index in [1.165, 1.54) is 0 Å². The highest BCUT2D eigenvalue weighted by atomic mass is 127. The molecule has 1 aromatic carbocycles. The number of carbonyl (C=O) groups is 1. The number of allylic oxidation sites excluding steroid dienone is 1. The van der Waals surface area contributed by atoms with E-state index in [1.54, 1.807) is 17.0 Å². The Morgan fingerprint density at radius 2 is 1.80 bits per heavy atom. The molecule has 0 amide bonds. The third kappa shape index (κ3) is 6.19. The second kappa shape index (κ2) is 9.79. The van der Waals surface area contributed by atoms with Crippen LogP contribution in [-0.4, -0.2) is 25.2 Å². The molecule has 0 atom stereocenters. The van der Waals surface area contributed by atoms with E-state index in [1.807, 2.05) is 61.5 Å². The van der Waals surface area contributed by atoms with Crippen molar-refractivity contribution in [1.29, 1.82) is 5.26 Å². The molecule has 0 unspecified atom stereocenters. The van der Waals surface area contributed by atoms with Crippen LogP contribution in [0.3, 0.4) is 0 Å². The molecule has 0 saturated carbocycles. The summed E-state index contributed by atoms with van der Waals surface area (Å²) in [5.74, 6) is -0.828. The molecule has 0 aliphatic carbocycles. The number of pyridine rings is 1. The number of rotatable bonds is 6. The number of hydrogen-bond acceptors (Lipinski definition) is 3. The Hall–Kier alpha value is -2.40. The normalized spacial score (nSPS) is 10.5. The second-order valence-electron chi connectivity index (χ2n) is 5.62. The molecule has 5 nitrogen and oxygen atoms in total. The van der Waals surface area contributed by atoms with E-state index in [0.717, 1.165) is 16.8 Å². The first kappa shape index (κ1) is 20.6. The first-order valence-corrected chi connectivity index (χ1v) is 7.60. The van der Waals surface area contributed by atoms with Gasteiger partial charge in [-0.2, -0.15) is 5.26 Å². The lowest BCUT2D eigenvalue weighted by Crippen LogP contribution is -3.00. The van der Waals surface area contributed by atoms with E-state index in [-0.39, 0.29) is 30.4 Å². The fraction of sp³-hybridized carbons (Fsp3) is 0.211. The molecule has 1 N–H and O–H groups in total. The monoisotopic (exact) mass is 449 g/mol. The molecule has 0 spiro atoms. The molecule has 0 aliphatic heterocycles. The van der Waals surface area contributed by atoms with Gasteiger partial charge in [0.15, 0.2) is 18.9 Å². The van der Waals surface area contributed by atoms with Crippen molar-refractivity contribution < 1.29 is 38.4 Å². The lowest BCUT2D eigenvalue weighted by atomic mass is 10.0. The largest absolute Gasteiger partial charge is 1.00 e. The molecule has 0 radical (unpaired) electrons. The zero-order valence-corrected chi connectivity index (χ0v) is 16.3. The summed E-state index contributed by atoms with van der Waals surface area (Å²) in [5, 5.41) is 18.1. The van der Waals surface area contributed by atoms with Gasteiger partial charge >= 0.3 is 5.97 Å². The van der Waals surface area contributed by atoms with Crippen molar-refractivity contribution in [3.05, 3.63) is 59.9 Å². The maximum atomic E-state index is 10.6. The number of aromatic nitrogens is 1. The highest BCUT2D eigenvalue weighted by Gasteiger charge is 2.07. The van der Waals surface area contributed by atoms with Crippen LogP contribution in [0.2, 0.25) is 0 Å². The molecule has 6 heteroatoms. The Morgan fingerprint density at radius 1 is 1.20 bits per heavy atom. The number of aryl methyl sites for hydroxylation is 1. The molecular formula is C19H20IN3O2. The first-order valence-electron chi connectivity index (χ1n) is 7.60. The van der Waals surface area contributed by atoms with Gasteiger partial charge in [-0.05, 0) is 23.8 Å². The van der Waals surface area contributed by atoms with Gasteiger partial charge in [0.05, 0.1) is 11.6 Å². The summed E-state index contributed by atoms with van der Waals surface area (Å²) >= 11 is 0. The van der Waals surface area contributed by atoms with Crippen LogP contribution in [0.5, 0.6) is 0 Å². The van der Waals surface area contributed by atoms with Gasteiger partial charge in [0.1, 0.15) is 6.42 Å². The molecule has 0 aliphatic rings. The van der Waals surface area contributed by atoms with Crippen LogP contribution in [-0.2, 0) is 11.3 Å². The van der Waals surface area contributed by atoms with E-state index >= 15 is 0 Å². The maximum absolute atomic E-state index is 10.6. The lowest BCUT2D eigenvalue weighted by Gasteiger charge is -2.11. The highest BCUT2D eigenvalue weighted by Crippen LogP contribution is 2.19. The summed E-state index contributed by atoms with van der Waals surface area (Å²) in [7, 11) is 3.96. The zero-order chi connectivity index (χ0) is 17.5. The van der Waals surface area contributed by atoms with Gasteiger partial charge in [0.2, 0.25) is 0 Å². The van der Waals surface area contributed by atoms with Crippen LogP contribution in [0.4, 0.5) is 5.69 Å². The molecule has 130 valence electrons. The molecule has 2 aromatic rings. The summed E-state index contributed by atoms with van der Waals surface area (Å²) in [6, 6.07) is 13.8. The zero-order valence-electron chi connectivity index (χ0n) is 14.2. The van der Waals surface area contributed by atoms with Gasteiger partial charge in [-0.25, -0.2) is 4.57 Å². The molecule has 0 fully saturated rings. The summed E-state index contributed by atoms with van der Waals surface area (Å²) in [6.45, 7) is 0.410. The second-order valence-corrected chi connectivity index (χ2v) is 5.62. The number of nitrogens with zero attached hydrogens (tertiary/aromatic N) is 3. The molecular weight excluding hydrogens is 429 g/mol. The predicted octanol–water partition coefficient (Wildman–Crippen LogP) is -0.417. The smallest absolute Gasteiger partial charge is 0.309 e. The van der Waals surface area contributed by atoms with Gasteiger partial charge in [-0.1, -0.05) is 12.1 Å². The van der Waals surface area contributed by atoms with E-state index < -0.39 is 5.97 Å². The van der Waals surface area contributed by atoms with Crippen LogP contribution in [0.1, 0.15) is 17.5 Å². The number of nitriles is 1. The van der Waals surface area contributed by atoms with Crippen LogP contribution < -0.4 is 33.4 Å². The highest BCUT2D eigenvalue weighted by molar-refractivity contribution is 5.89. The average Bonchev–Trinajstić information content (AvgIpc) is 2.58. The van der Waals surface area contributed by atoms with Crippen molar-refractivity contribution >= 4 is 23.3 Å². The minimum Gasteiger partial charge on any atom is -1.00 e. The number of halogens is 1. The third-order valence-electron chi connectivity index (χ3n) is 3.63. The molecule has 0 saturated heterocycles. The Morgan fingerprint density at radius 3 is 2.28 bits per heavy atom. The maximum Gasteiger partial charge on any atom is 0.309 e. The molecule has 1 heterocycles. The van der Waals surface area contributed by atoms with Gasteiger partial charge in [0, 0.05) is 37.5 Å². The van der Waals surface area contributed by atoms with Gasteiger partial charge < -0.3 is 34.0 Å². The fourth-order valence-electron chi connectivity index (χ4n) is 2.23. The molecule has 0 bridgehead atoms. The number of benzene rings is 1. The number of aliphatic carboxylic acids is 1. The summed E-state index contributed by atoms with van der Waals surface area (Å²) in [6.07, 6.45) is 5.50.